The quantitative estimate of drug-likeness (QED) is 0.746. The van der Waals surface area contributed by atoms with Crippen molar-refractivity contribution in [1.82, 2.24) is 10.1 Å². The van der Waals surface area contributed by atoms with Crippen LogP contribution in [0.2, 0.25) is 0 Å². The number of nitrogens with two attached hydrogens (primary N) is 1. The maximum Gasteiger partial charge on any atom is 0.246 e. The minimum atomic E-state index is -0.635. The number of rotatable bonds is 6. The van der Waals surface area contributed by atoms with Crippen molar-refractivity contribution in [3.8, 4) is 0 Å². The number of nitrogens with zero attached hydrogens (tertiary/aromatic N) is 2. The Balaban J connectivity index is 2.99. The van der Waals surface area contributed by atoms with E-state index < -0.39 is 11.6 Å². The summed E-state index contributed by atoms with van der Waals surface area (Å²) >= 11 is 0. The molecule has 1 aromatic heterocycles. The molecule has 0 aliphatic rings. The van der Waals surface area contributed by atoms with Crippen LogP contribution in [0.15, 0.2) is 4.52 Å². The van der Waals surface area contributed by atoms with E-state index in [0.29, 0.717) is 5.82 Å². The zero-order chi connectivity index (χ0) is 12.2. The van der Waals surface area contributed by atoms with Crippen molar-refractivity contribution in [2.45, 2.75) is 38.3 Å². The van der Waals surface area contributed by atoms with Gasteiger partial charge in [0.1, 0.15) is 11.6 Å². The average molecular weight is 229 g/mol. The smallest absolute Gasteiger partial charge is 0.246 e. The lowest BCUT2D eigenvalue weighted by molar-refractivity contribution is -0.0306. The highest BCUT2D eigenvalue weighted by molar-refractivity contribution is 5.02. The van der Waals surface area contributed by atoms with E-state index >= 15 is 0 Å². The highest BCUT2D eigenvalue weighted by atomic mass is 16.5. The molecule has 1 aromatic rings. The molecule has 1 rings (SSSR count). The molecule has 6 heteroatoms. The second-order valence-corrected chi connectivity index (χ2v) is 3.65. The lowest BCUT2D eigenvalue weighted by Crippen LogP contribution is -2.28. The first-order chi connectivity index (χ1) is 7.63. The summed E-state index contributed by atoms with van der Waals surface area (Å²) in [7, 11) is 1.62. The van der Waals surface area contributed by atoms with E-state index in [2.05, 4.69) is 10.1 Å². The number of aromatic nitrogens is 2. The number of methoxy groups -OCH3 is 1. The number of aliphatic hydroxyl groups is 1. The summed E-state index contributed by atoms with van der Waals surface area (Å²) in [6.45, 7) is 3.77. The fraction of sp³-hybridized carbons (Fsp3) is 0.800. The summed E-state index contributed by atoms with van der Waals surface area (Å²) in [5.74, 6) is 0.722. The van der Waals surface area contributed by atoms with Crippen molar-refractivity contribution in [2.75, 3.05) is 13.7 Å². The SMILES string of the molecule is CCC(CC)(OC)c1noc([C@@H](N)CO)n1. The molecular weight excluding hydrogens is 210 g/mol. The van der Waals surface area contributed by atoms with Gasteiger partial charge in [0.2, 0.25) is 11.7 Å². The Morgan fingerprint density at radius 3 is 2.56 bits per heavy atom. The van der Waals surface area contributed by atoms with E-state index in [1.165, 1.54) is 0 Å². The largest absolute Gasteiger partial charge is 0.394 e. The molecule has 1 atom stereocenters. The van der Waals surface area contributed by atoms with Gasteiger partial charge in [-0.3, -0.25) is 0 Å². The van der Waals surface area contributed by atoms with Crippen LogP contribution in [0.25, 0.3) is 0 Å². The molecular formula is C10H19N3O3. The third-order valence-electron chi connectivity index (χ3n) is 2.90. The van der Waals surface area contributed by atoms with Crippen molar-refractivity contribution in [3.63, 3.8) is 0 Å². The Morgan fingerprint density at radius 1 is 1.50 bits per heavy atom. The molecule has 0 saturated carbocycles. The Kier molecular flexibility index (Phi) is 4.40. The first kappa shape index (κ1) is 13.1. The predicted molar refractivity (Wildman–Crippen MR) is 57.6 cm³/mol. The fourth-order valence-corrected chi connectivity index (χ4v) is 1.60. The molecule has 0 spiro atoms. The van der Waals surface area contributed by atoms with Gasteiger partial charge in [0, 0.05) is 7.11 Å². The van der Waals surface area contributed by atoms with E-state index in [-0.39, 0.29) is 12.5 Å². The highest BCUT2D eigenvalue weighted by Gasteiger charge is 2.34. The molecule has 16 heavy (non-hydrogen) atoms. The van der Waals surface area contributed by atoms with E-state index in [9.17, 15) is 0 Å². The van der Waals surface area contributed by atoms with Crippen LogP contribution < -0.4 is 5.73 Å². The summed E-state index contributed by atoms with van der Waals surface area (Å²) < 4.78 is 10.5. The maximum atomic E-state index is 8.89. The Hall–Kier alpha value is -0.980. The van der Waals surface area contributed by atoms with E-state index in [4.69, 9.17) is 20.1 Å². The van der Waals surface area contributed by atoms with Gasteiger partial charge >= 0.3 is 0 Å². The molecule has 0 unspecified atom stereocenters. The monoisotopic (exact) mass is 229 g/mol. The second kappa shape index (κ2) is 5.38. The third kappa shape index (κ3) is 2.23. The number of hydrogen-bond donors (Lipinski definition) is 2. The van der Waals surface area contributed by atoms with Gasteiger partial charge in [0.25, 0.3) is 0 Å². The van der Waals surface area contributed by atoms with Crippen LogP contribution in [-0.4, -0.2) is 29.0 Å². The standard InChI is InChI=1S/C10H19N3O3/c1-4-10(5-2,15-3)9-12-8(16-13-9)7(11)6-14/h7,14H,4-6,11H2,1-3H3/t7-/m0/s1. The lowest BCUT2D eigenvalue weighted by atomic mass is 9.96. The zero-order valence-corrected chi connectivity index (χ0v) is 9.93. The lowest BCUT2D eigenvalue weighted by Gasteiger charge is -2.25. The first-order valence-corrected chi connectivity index (χ1v) is 5.39. The maximum absolute atomic E-state index is 8.89. The summed E-state index contributed by atoms with van der Waals surface area (Å²) in [5.41, 5.74) is 5.06. The van der Waals surface area contributed by atoms with Crippen molar-refractivity contribution in [2.24, 2.45) is 5.73 Å². The van der Waals surface area contributed by atoms with Crippen LogP contribution in [0, 0.1) is 0 Å². The van der Waals surface area contributed by atoms with Gasteiger partial charge in [0.05, 0.1) is 6.61 Å². The van der Waals surface area contributed by atoms with Gasteiger partial charge in [-0.05, 0) is 12.8 Å². The minimum Gasteiger partial charge on any atom is -0.394 e. The van der Waals surface area contributed by atoms with Crippen molar-refractivity contribution in [3.05, 3.63) is 11.7 Å². The van der Waals surface area contributed by atoms with Gasteiger partial charge in [0.15, 0.2) is 0 Å². The Morgan fingerprint density at radius 2 is 2.12 bits per heavy atom. The van der Waals surface area contributed by atoms with Crippen LogP contribution in [0.5, 0.6) is 0 Å². The molecule has 0 aromatic carbocycles. The Labute approximate surface area is 94.8 Å². The van der Waals surface area contributed by atoms with E-state index in [1.807, 2.05) is 13.8 Å². The van der Waals surface area contributed by atoms with E-state index in [1.54, 1.807) is 7.11 Å². The predicted octanol–water partition coefficient (Wildman–Crippen LogP) is 0.723. The molecule has 6 nitrogen and oxygen atoms in total. The molecule has 0 fully saturated rings. The fourth-order valence-electron chi connectivity index (χ4n) is 1.60. The molecule has 0 radical (unpaired) electrons. The summed E-state index contributed by atoms with van der Waals surface area (Å²) in [6, 6.07) is -0.635. The van der Waals surface area contributed by atoms with E-state index in [0.717, 1.165) is 12.8 Å². The van der Waals surface area contributed by atoms with Crippen molar-refractivity contribution in [1.29, 1.82) is 0 Å². The number of ether oxygens (including phenoxy) is 1. The average Bonchev–Trinajstić information content (AvgIpc) is 2.81. The molecule has 0 amide bonds. The second-order valence-electron chi connectivity index (χ2n) is 3.65. The summed E-state index contributed by atoms with van der Waals surface area (Å²) in [4.78, 5) is 4.18. The number of hydrogen-bond acceptors (Lipinski definition) is 6. The van der Waals surface area contributed by atoms with Crippen LogP contribution in [-0.2, 0) is 10.3 Å². The normalized spacial score (nSPS) is 14.1. The number of aliphatic hydroxyl groups excluding tert-OH is 1. The topological polar surface area (TPSA) is 94.4 Å². The molecule has 92 valence electrons. The minimum absolute atomic E-state index is 0.222. The van der Waals surface area contributed by atoms with Gasteiger partial charge < -0.3 is 20.1 Å². The molecule has 1 heterocycles. The third-order valence-corrected chi connectivity index (χ3v) is 2.90. The molecule has 0 aliphatic heterocycles. The van der Waals surface area contributed by atoms with Crippen LogP contribution in [0.1, 0.15) is 44.4 Å². The highest BCUT2D eigenvalue weighted by Crippen LogP contribution is 2.30. The van der Waals surface area contributed by atoms with Gasteiger partial charge in [-0.25, -0.2) is 0 Å². The molecule has 0 bridgehead atoms. The summed E-state index contributed by atoms with van der Waals surface area (Å²) in [6.07, 6.45) is 1.49. The molecule has 3 N–H and O–H groups in total. The Bertz CT molecular complexity index is 315. The van der Waals surface area contributed by atoms with Crippen LogP contribution in [0.4, 0.5) is 0 Å². The first-order valence-electron chi connectivity index (χ1n) is 5.39. The van der Waals surface area contributed by atoms with Gasteiger partial charge in [-0.2, -0.15) is 4.98 Å². The van der Waals surface area contributed by atoms with Gasteiger partial charge in [-0.15, -0.1) is 0 Å². The molecule has 0 aliphatic carbocycles. The van der Waals surface area contributed by atoms with Crippen molar-refractivity contribution < 1.29 is 14.4 Å². The van der Waals surface area contributed by atoms with Gasteiger partial charge in [-0.1, -0.05) is 19.0 Å². The zero-order valence-electron chi connectivity index (χ0n) is 9.93. The summed E-state index contributed by atoms with van der Waals surface area (Å²) in [5, 5.41) is 12.8. The van der Waals surface area contributed by atoms with Crippen molar-refractivity contribution >= 4 is 0 Å². The van der Waals surface area contributed by atoms with Crippen LogP contribution in [0.3, 0.4) is 0 Å². The molecule has 0 saturated heterocycles. The van der Waals surface area contributed by atoms with Crippen LogP contribution >= 0.6 is 0 Å².